The summed E-state index contributed by atoms with van der Waals surface area (Å²) in [5.74, 6) is 1.54. The second kappa shape index (κ2) is 5.26. The maximum atomic E-state index is 5.88. The number of nitrogens with two attached hydrogens (primary N) is 1. The van der Waals surface area contributed by atoms with Gasteiger partial charge in [-0.05, 0) is 42.5 Å². The van der Waals surface area contributed by atoms with Crippen LogP contribution in [0.15, 0.2) is 24.5 Å². The molecule has 1 saturated carbocycles. The van der Waals surface area contributed by atoms with Gasteiger partial charge in [0.15, 0.2) is 0 Å². The van der Waals surface area contributed by atoms with Crippen LogP contribution in [0.25, 0.3) is 0 Å². The maximum Gasteiger partial charge on any atom is 0.0270 e. The summed E-state index contributed by atoms with van der Waals surface area (Å²) in [5.41, 5.74) is 7.27. The fourth-order valence-electron chi connectivity index (χ4n) is 2.69. The van der Waals surface area contributed by atoms with Gasteiger partial charge in [0.1, 0.15) is 0 Å². The molecule has 1 heterocycles. The third kappa shape index (κ3) is 2.78. The van der Waals surface area contributed by atoms with Gasteiger partial charge in [0.05, 0.1) is 0 Å². The summed E-state index contributed by atoms with van der Waals surface area (Å²) in [6, 6.07) is 4.22. The van der Waals surface area contributed by atoms with Crippen molar-refractivity contribution in [2.45, 2.75) is 32.1 Å². The summed E-state index contributed by atoms with van der Waals surface area (Å²) in [7, 11) is 0. The SMILES string of the molecule is NCC(Cc1ccncc1)C1CCCC1. The summed E-state index contributed by atoms with van der Waals surface area (Å²) in [6.07, 6.45) is 10.4. The van der Waals surface area contributed by atoms with Gasteiger partial charge in [-0.3, -0.25) is 4.98 Å². The summed E-state index contributed by atoms with van der Waals surface area (Å²) in [5, 5.41) is 0. The topological polar surface area (TPSA) is 38.9 Å². The normalized spacial score (nSPS) is 19.3. The summed E-state index contributed by atoms with van der Waals surface area (Å²) in [6.45, 7) is 0.826. The molecule has 0 aliphatic heterocycles. The van der Waals surface area contributed by atoms with E-state index in [9.17, 15) is 0 Å². The van der Waals surface area contributed by atoms with E-state index in [2.05, 4.69) is 17.1 Å². The zero-order valence-electron chi connectivity index (χ0n) is 9.23. The Bertz CT molecular complexity index is 278. The lowest BCUT2D eigenvalue weighted by Gasteiger charge is -2.21. The highest BCUT2D eigenvalue weighted by Gasteiger charge is 2.23. The monoisotopic (exact) mass is 204 g/mol. The maximum absolute atomic E-state index is 5.88. The molecule has 1 unspecified atom stereocenters. The quantitative estimate of drug-likeness (QED) is 0.818. The smallest absolute Gasteiger partial charge is 0.0270 e. The minimum atomic E-state index is 0.676. The zero-order valence-corrected chi connectivity index (χ0v) is 9.23. The lowest BCUT2D eigenvalue weighted by molar-refractivity contribution is 0.344. The predicted octanol–water partition coefficient (Wildman–Crippen LogP) is 2.39. The number of hydrogen-bond acceptors (Lipinski definition) is 2. The highest BCUT2D eigenvalue weighted by atomic mass is 14.6. The molecule has 0 spiro atoms. The number of pyridine rings is 1. The van der Waals surface area contributed by atoms with Gasteiger partial charge in [-0.1, -0.05) is 25.7 Å². The second-order valence-electron chi connectivity index (χ2n) is 4.60. The van der Waals surface area contributed by atoms with E-state index in [1.807, 2.05) is 12.4 Å². The number of aromatic nitrogens is 1. The van der Waals surface area contributed by atoms with E-state index in [-0.39, 0.29) is 0 Å². The first kappa shape index (κ1) is 10.6. The van der Waals surface area contributed by atoms with Gasteiger partial charge in [-0.25, -0.2) is 0 Å². The lowest BCUT2D eigenvalue weighted by Crippen LogP contribution is -2.23. The van der Waals surface area contributed by atoms with Crippen molar-refractivity contribution in [2.24, 2.45) is 17.6 Å². The fraction of sp³-hybridized carbons (Fsp3) is 0.615. The van der Waals surface area contributed by atoms with Crippen LogP contribution in [0, 0.1) is 11.8 Å². The first-order valence-electron chi connectivity index (χ1n) is 5.99. The van der Waals surface area contributed by atoms with Crippen LogP contribution in [0.5, 0.6) is 0 Å². The van der Waals surface area contributed by atoms with Crippen LogP contribution in [0.1, 0.15) is 31.2 Å². The minimum absolute atomic E-state index is 0.676. The van der Waals surface area contributed by atoms with Crippen LogP contribution in [0.2, 0.25) is 0 Å². The van der Waals surface area contributed by atoms with Crippen LogP contribution < -0.4 is 5.73 Å². The molecule has 0 aromatic carbocycles. The van der Waals surface area contributed by atoms with E-state index in [4.69, 9.17) is 5.73 Å². The Morgan fingerprint density at radius 1 is 1.27 bits per heavy atom. The van der Waals surface area contributed by atoms with Crippen molar-refractivity contribution in [3.05, 3.63) is 30.1 Å². The molecule has 0 saturated heterocycles. The van der Waals surface area contributed by atoms with Gasteiger partial charge < -0.3 is 5.73 Å². The molecule has 2 N–H and O–H groups in total. The first-order chi connectivity index (χ1) is 7.40. The molecule has 82 valence electrons. The van der Waals surface area contributed by atoms with Crippen molar-refractivity contribution in [3.63, 3.8) is 0 Å². The van der Waals surface area contributed by atoms with E-state index in [0.717, 1.165) is 18.9 Å². The van der Waals surface area contributed by atoms with Crippen LogP contribution in [-0.4, -0.2) is 11.5 Å². The van der Waals surface area contributed by atoms with E-state index in [1.165, 1.54) is 31.2 Å². The number of hydrogen-bond donors (Lipinski definition) is 1. The summed E-state index contributed by atoms with van der Waals surface area (Å²) < 4.78 is 0. The molecule has 1 aliphatic carbocycles. The van der Waals surface area contributed by atoms with Gasteiger partial charge in [0.2, 0.25) is 0 Å². The average Bonchev–Trinajstić information content (AvgIpc) is 2.81. The summed E-state index contributed by atoms with van der Waals surface area (Å²) in [4.78, 5) is 4.04. The molecule has 1 fully saturated rings. The second-order valence-corrected chi connectivity index (χ2v) is 4.60. The van der Waals surface area contributed by atoms with E-state index in [0.29, 0.717) is 5.92 Å². The molecule has 0 radical (unpaired) electrons. The van der Waals surface area contributed by atoms with Gasteiger partial charge in [0.25, 0.3) is 0 Å². The Hall–Kier alpha value is -0.890. The first-order valence-corrected chi connectivity index (χ1v) is 5.99. The van der Waals surface area contributed by atoms with E-state index in [1.54, 1.807) is 0 Å². The average molecular weight is 204 g/mol. The number of nitrogens with zero attached hydrogens (tertiary/aromatic N) is 1. The van der Waals surface area contributed by atoms with E-state index < -0.39 is 0 Å². The highest BCUT2D eigenvalue weighted by molar-refractivity contribution is 5.11. The van der Waals surface area contributed by atoms with E-state index >= 15 is 0 Å². The van der Waals surface area contributed by atoms with Gasteiger partial charge >= 0.3 is 0 Å². The minimum Gasteiger partial charge on any atom is -0.330 e. The number of rotatable bonds is 4. The molecular formula is C13H20N2. The lowest BCUT2D eigenvalue weighted by atomic mass is 9.86. The molecule has 1 aromatic rings. The zero-order chi connectivity index (χ0) is 10.5. The standard InChI is InChI=1S/C13H20N2/c14-10-13(12-3-1-2-4-12)9-11-5-7-15-8-6-11/h5-8,12-13H,1-4,9-10,14H2. The van der Waals surface area contributed by atoms with Crippen LogP contribution >= 0.6 is 0 Å². The predicted molar refractivity (Wildman–Crippen MR) is 62.4 cm³/mol. The molecule has 0 bridgehead atoms. The third-order valence-electron chi connectivity index (χ3n) is 3.62. The van der Waals surface area contributed by atoms with Crippen LogP contribution in [-0.2, 0) is 6.42 Å². The molecule has 2 heteroatoms. The molecule has 1 atom stereocenters. The molecule has 0 amide bonds. The van der Waals surface area contributed by atoms with Gasteiger partial charge in [-0.2, -0.15) is 0 Å². The molecule has 1 aromatic heterocycles. The van der Waals surface area contributed by atoms with Crippen molar-refractivity contribution in [3.8, 4) is 0 Å². The molecular weight excluding hydrogens is 184 g/mol. The highest BCUT2D eigenvalue weighted by Crippen LogP contribution is 2.32. The molecule has 15 heavy (non-hydrogen) atoms. The Morgan fingerprint density at radius 2 is 1.93 bits per heavy atom. The Balaban J connectivity index is 1.96. The molecule has 1 aliphatic rings. The third-order valence-corrected chi connectivity index (χ3v) is 3.62. The molecule has 2 rings (SSSR count). The largest absolute Gasteiger partial charge is 0.330 e. The fourth-order valence-corrected chi connectivity index (χ4v) is 2.69. The Morgan fingerprint density at radius 3 is 2.53 bits per heavy atom. The Labute approximate surface area is 91.9 Å². The molecule has 2 nitrogen and oxygen atoms in total. The van der Waals surface area contributed by atoms with Crippen molar-refractivity contribution in [1.82, 2.24) is 4.98 Å². The Kier molecular flexibility index (Phi) is 3.73. The summed E-state index contributed by atoms with van der Waals surface area (Å²) >= 11 is 0. The van der Waals surface area contributed by atoms with Crippen molar-refractivity contribution >= 4 is 0 Å². The van der Waals surface area contributed by atoms with Gasteiger partial charge in [-0.15, -0.1) is 0 Å². The van der Waals surface area contributed by atoms with Gasteiger partial charge in [0, 0.05) is 12.4 Å². The van der Waals surface area contributed by atoms with Crippen molar-refractivity contribution in [1.29, 1.82) is 0 Å². The van der Waals surface area contributed by atoms with Crippen molar-refractivity contribution < 1.29 is 0 Å². The van der Waals surface area contributed by atoms with Crippen molar-refractivity contribution in [2.75, 3.05) is 6.54 Å². The van der Waals surface area contributed by atoms with Crippen LogP contribution in [0.3, 0.4) is 0 Å². The van der Waals surface area contributed by atoms with Crippen LogP contribution in [0.4, 0.5) is 0 Å².